The minimum Gasteiger partial charge on any atom is -0.474 e. The van der Waals surface area contributed by atoms with Gasteiger partial charge in [-0.2, -0.15) is 0 Å². The minimum absolute atomic E-state index is 0.161. The van der Waals surface area contributed by atoms with E-state index in [-0.39, 0.29) is 6.10 Å². The first-order chi connectivity index (χ1) is 9.24. The molecule has 3 rings (SSSR count). The molecule has 1 fully saturated rings. The van der Waals surface area contributed by atoms with Gasteiger partial charge in [0.1, 0.15) is 11.1 Å². The Bertz CT molecular complexity index is 498. The summed E-state index contributed by atoms with van der Waals surface area (Å²) in [5.74, 6) is 0.611. The summed E-state index contributed by atoms with van der Waals surface area (Å²) >= 11 is 5.12. The van der Waals surface area contributed by atoms with Crippen LogP contribution in [-0.2, 0) is 17.6 Å². The Balaban J connectivity index is 1.87. The van der Waals surface area contributed by atoms with Gasteiger partial charge in [0.05, 0.1) is 18.8 Å². The molecule has 0 bridgehead atoms. The van der Waals surface area contributed by atoms with Crippen LogP contribution in [0, 0.1) is 0 Å². The van der Waals surface area contributed by atoms with Gasteiger partial charge < -0.3 is 15.2 Å². The molecule has 19 heavy (non-hydrogen) atoms. The fraction of sp³-hybridized carbons (Fsp3) is 0.571. The van der Waals surface area contributed by atoms with Gasteiger partial charge in [0.25, 0.3) is 0 Å². The van der Waals surface area contributed by atoms with E-state index in [0.717, 1.165) is 56.6 Å². The molecule has 0 radical (unpaired) electrons. The van der Waals surface area contributed by atoms with Gasteiger partial charge in [-0.15, -0.1) is 0 Å². The van der Waals surface area contributed by atoms with Gasteiger partial charge in [0.2, 0.25) is 5.88 Å². The molecule has 1 aliphatic carbocycles. The highest BCUT2D eigenvalue weighted by molar-refractivity contribution is 7.80. The molecule has 0 aromatic carbocycles. The molecule has 102 valence electrons. The monoisotopic (exact) mass is 278 g/mol. The van der Waals surface area contributed by atoms with Crippen molar-refractivity contribution < 1.29 is 9.47 Å². The van der Waals surface area contributed by atoms with Crippen LogP contribution in [0.1, 0.15) is 36.1 Å². The van der Waals surface area contributed by atoms with Crippen LogP contribution < -0.4 is 10.5 Å². The molecule has 1 aromatic rings. The van der Waals surface area contributed by atoms with Crippen molar-refractivity contribution in [3.8, 4) is 5.88 Å². The van der Waals surface area contributed by atoms with Gasteiger partial charge in [0, 0.05) is 18.5 Å². The molecule has 0 saturated carbocycles. The van der Waals surface area contributed by atoms with Crippen LogP contribution in [-0.4, -0.2) is 29.3 Å². The number of hydrogen-bond donors (Lipinski definition) is 1. The van der Waals surface area contributed by atoms with E-state index in [9.17, 15) is 0 Å². The van der Waals surface area contributed by atoms with Gasteiger partial charge in [-0.05, 0) is 30.9 Å². The van der Waals surface area contributed by atoms with Crippen LogP contribution in [0.3, 0.4) is 0 Å². The van der Waals surface area contributed by atoms with Crippen molar-refractivity contribution in [1.29, 1.82) is 0 Å². The van der Waals surface area contributed by atoms with Crippen LogP contribution >= 0.6 is 12.2 Å². The Kier molecular flexibility index (Phi) is 3.66. The van der Waals surface area contributed by atoms with E-state index in [1.807, 2.05) is 0 Å². The normalized spacial score (nSPS) is 19.2. The van der Waals surface area contributed by atoms with Gasteiger partial charge in [-0.1, -0.05) is 12.2 Å². The topological polar surface area (TPSA) is 57.4 Å². The van der Waals surface area contributed by atoms with Gasteiger partial charge in [0.15, 0.2) is 0 Å². The number of nitrogens with two attached hydrogens (primary N) is 1. The average molecular weight is 278 g/mol. The number of nitrogens with zero attached hydrogens (tertiary/aromatic N) is 1. The molecule has 5 heteroatoms. The summed E-state index contributed by atoms with van der Waals surface area (Å²) in [6.45, 7) is 1.50. The zero-order valence-electron chi connectivity index (χ0n) is 10.9. The van der Waals surface area contributed by atoms with Gasteiger partial charge in [-0.25, -0.2) is 4.98 Å². The Morgan fingerprint density at radius 2 is 2.16 bits per heavy atom. The minimum atomic E-state index is 0.161. The number of aryl methyl sites for hydroxylation is 2. The first-order valence-electron chi connectivity index (χ1n) is 6.81. The van der Waals surface area contributed by atoms with Crippen molar-refractivity contribution in [2.75, 3.05) is 13.2 Å². The van der Waals surface area contributed by atoms with Crippen molar-refractivity contribution in [2.45, 2.75) is 38.2 Å². The van der Waals surface area contributed by atoms with Crippen molar-refractivity contribution in [3.63, 3.8) is 0 Å². The molecule has 2 heterocycles. The van der Waals surface area contributed by atoms with E-state index in [2.05, 4.69) is 11.1 Å². The largest absolute Gasteiger partial charge is 0.474 e. The third kappa shape index (κ3) is 2.72. The fourth-order valence-electron chi connectivity index (χ4n) is 2.67. The van der Waals surface area contributed by atoms with Gasteiger partial charge >= 0.3 is 0 Å². The molecule has 0 unspecified atom stereocenters. The number of rotatable bonds is 3. The molecule has 0 atom stereocenters. The van der Waals surface area contributed by atoms with Gasteiger partial charge in [-0.3, -0.25) is 0 Å². The molecule has 1 saturated heterocycles. The molecule has 1 aliphatic heterocycles. The molecule has 2 aliphatic rings. The van der Waals surface area contributed by atoms with Crippen molar-refractivity contribution in [2.24, 2.45) is 5.73 Å². The number of hydrogen-bond acceptors (Lipinski definition) is 4. The predicted molar refractivity (Wildman–Crippen MR) is 76.6 cm³/mol. The van der Waals surface area contributed by atoms with Crippen LogP contribution in [0.4, 0.5) is 0 Å². The number of fused-ring (bicyclic) bond motifs is 1. The molecule has 1 aromatic heterocycles. The molecule has 2 N–H and O–H groups in total. The first kappa shape index (κ1) is 12.8. The number of pyridine rings is 1. The Morgan fingerprint density at radius 1 is 1.37 bits per heavy atom. The zero-order chi connectivity index (χ0) is 13.2. The number of aromatic nitrogens is 1. The second-order valence-electron chi connectivity index (χ2n) is 5.09. The Hall–Kier alpha value is -1.20. The second kappa shape index (κ2) is 5.43. The highest BCUT2D eigenvalue weighted by Crippen LogP contribution is 2.28. The zero-order valence-corrected chi connectivity index (χ0v) is 11.7. The summed E-state index contributed by atoms with van der Waals surface area (Å²) in [5.41, 5.74) is 8.99. The maximum atomic E-state index is 6.01. The number of thiocarbonyl (C=S) groups is 1. The lowest BCUT2D eigenvalue weighted by Crippen LogP contribution is -2.27. The van der Waals surface area contributed by atoms with Crippen LogP contribution in [0.5, 0.6) is 5.88 Å². The van der Waals surface area contributed by atoms with E-state index in [1.165, 1.54) is 5.56 Å². The third-order valence-electron chi connectivity index (χ3n) is 3.73. The fourth-order valence-corrected chi connectivity index (χ4v) is 2.82. The van der Waals surface area contributed by atoms with E-state index in [0.29, 0.717) is 10.9 Å². The number of ether oxygens (including phenoxy) is 2. The Labute approximate surface area is 118 Å². The summed E-state index contributed by atoms with van der Waals surface area (Å²) in [4.78, 5) is 5.00. The van der Waals surface area contributed by atoms with Crippen LogP contribution in [0.2, 0.25) is 0 Å². The molecule has 4 nitrogen and oxygen atoms in total. The van der Waals surface area contributed by atoms with Crippen molar-refractivity contribution in [3.05, 3.63) is 22.9 Å². The lowest BCUT2D eigenvalue weighted by molar-refractivity contribution is 0.0236. The van der Waals surface area contributed by atoms with E-state index in [4.69, 9.17) is 27.4 Å². The standard InChI is InChI=1S/C14H18N2O2S/c15-13(19)11-8-9-2-1-3-12(9)16-14(11)18-10-4-6-17-7-5-10/h8,10H,1-7H2,(H2,15,19). The molecular weight excluding hydrogens is 260 g/mol. The molecule has 0 amide bonds. The average Bonchev–Trinajstić information content (AvgIpc) is 2.86. The van der Waals surface area contributed by atoms with Crippen molar-refractivity contribution in [1.82, 2.24) is 4.98 Å². The van der Waals surface area contributed by atoms with E-state index in [1.54, 1.807) is 0 Å². The molecular formula is C14H18N2O2S. The predicted octanol–water partition coefficient (Wildman–Crippen LogP) is 1.76. The van der Waals surface area contributed by atoms with Crippen LogP contribution in [0.25, 0.3) is 0 Å². The van der Waals surface area contributed by atoms with Crippen LogP contribution in [0.15, 0.2) is 6.07 Å². The van der Waals surface area contributed by atoms with E-state index >= 15 is 0 Å². The summed E-state index contributed by atoms with van der Waals surface area (Å²) in [6.07, 6.45) is 5.20. The summed E-state index contributed by atoms with van der Waals surface area (Å²) in [6, 6.07) is 2.06. The smallest absolute Gasteiger partial charge is 0.224 e. The SMILES string of the molecule is NC(=S)c1cc2c(nc1OC1CCOCC1)CCC2. The maximum absolute atomic E-state index is 6.01. The highest BCUT2D eigenvalue weighted by atomic mass is 32.1. The first-order valence-corrected chi connectivity index (χ1v) is 7.22. The quantitative estimate of drug-likeness (QED) is 0.854. The summed E-state index contributed by atoms with van der Waals surface area (Å²) in [5, 5.41) is 0. The summed E-state index contributed by atoms with van der Waals surface area (Å²) in [7, 11) is 0. The second-order valence-corrected chi connectivity index (χ2v) is 5.53. The third-order valence-corrected chi connectivity index (χ3v) is 3.95. The lowest BCUT2D eigenvalue weighted by atomic mass is 10.1. The highest BCUT2D eigenvalue weighted by Gasteiger charge is 2.22. The lowest BCUT2D eigenvalue weighted by Gasteiger charge is -2.24. The Morgan fingerprint density at radius 3 is 2.89 bits per heavy atom. The molecule has 0 spiro atoms. The summed E-state index contributed by atoms with van der Waals surface area (Å²) < 4.78 is 11.4. The van der Waals surface area contributed by atoms with Crippen molar-refractivity contribution >= 4 is 17.2 Å². The van der Waals surface area contributed by atoms with E-state index < -0.39 is 0 Å². The maximum Gasteiger partial charge on any atom is 0.224 e.